The highest BCUT2D eigenvalue weighted by atomic mass is 127. The lowest BCUT2D eigenvalue weighted by molar-refractivity contribution is -0.106. The Labute approximate surface area is 176 Å². The van der Waals surface area contributed by atoms with E-state index in [9.17, 15) is 0 Å². The maximum atomic E-state index is 5.93. The minimum absolute atomic E-state index is 0. The van der Waals surface area contributed by atoms with Gasteiger partial charge in [-0.15, -0.1) is 24.0 Å². The number of hydrogen-bond acceptors (Lipinski definition) is 3. The van der Waals surface area contributed by atoms with Crippen molar-refractivity contribution in [1.29, 1.82) is 0 Å². The first kappa shape index (κ1) is 20.6. The van der Waals surface area contributed by atoms with Crippen LogP contribution in [0.1, 0.15) is 52.9 Å². The highest BCUT2D eigenvalue weighted by Crippen LogP contribution is 2.52. The van der Waals surface area contributed by atoms with Crippen LogP contribution in [-0.2, 0) is 4.74 Å². The molecule has 0 aromatic carbocycles. The predicted octanol–water partition coefficient (Wildman–Crippen LogP) is 2.85. The van der Waals surface area contributed by atoms with Crippen LogP contribution in [0.5, 0.6) is 0 Å². The second-order valence-electron chi connectivity index (χ2n) is 9.17. The van der Waals surface area contributed by atoms with Gasteiger partial charge in [-0.2, -0.15) is 0 Å². The van der Waals surface area contributed by atoms with Gasteiger partial charge in [-0.1, -0.05) is 13.8 Å². The number of guanidine groups is 1. The molecule has 4 fully saturated rings. The van der Waals surface area contributed by atoms with E-state index in [1.807, 2.05) is 0 Å². The van der Waals surface area contributed by atoms with E-state index >= 15 is 0 Å². The number of piperidine rings is 1. The number of fused-ring (bicyclic) bond motifs is 1. The lowest BCUT2D eigenvalue weighted by Gasteiger charge is -2.55. The molecule has 4 rings (SSSR count). The molecule has 0 spiro atoms. The first-order valence-corrected chi connectivity index (χ1v) is 10.5. The predicted molar refractivity (Wildman–Crippen MR) is 117 cm³/mol. The summed E-state index contributed by atoms with van der Waals surface area (Å²) in [4.78, 5) is 7.40. The van der Waals surface area contributed by atoms with Gasteiger partial charge in [-0.05, 0) is 44.9 Å². The minimum atomic E-state index is 0. The first-order valence-electron chi connectivity index (χ1n) is 10.5. The van der Waals surface area contributed by atoms with Gasteiger partial charge in [-0.25, -0.2) is 0 Å². The second kappa shape index (κ2) is 8.52. The summed E-state index contributed by atoms with van der Waals surface area (Å²) in [6, 6.07) is 1.04. The van der Waals surface area contributed by atoms with Gasteiger partial charge < -0.3 is 20.3 Å². The third-order valence-corrected chi connectivity index (χ3v) is 6.85. The van der Waals surface area contributed by atoms with Gasteiger partial charge in [0.05, 0.1) is 6.10 Å². The highest BCUT2D eigenvalue weighted by molar-refractivity contribution is 14.0. The molecular formula is C20H37IN4O. The Morgan fingerprint density at radius 3 is 2.50 bits per heavy atom. The maximum absolute atomic E-state index is 5.93. The van der Waals surface area contributed by atoms with Crippen LogP contribution in [0.15, 0.2) is 4.99 Å². The molecule has 3 atom stereocenters. The number of rotatable bonds is 5. The Kier molecular flexibility index (Phi) is 6.76. The summed E-state index contributed by atoms with van der Waals surface area (Å²) in [5, 5.41) is 7.50. The third kappa shape index (κ3) is 4.32. The Balaban J connectivity index is 0.00000196. The molecule has 2 aliphatic heterocycles. The monoisotopic (exact) mass is 476 g/mol. The molecule has 5 nitrogen and oxygen atoms in total. The molecule has 150 valence electrons. The number of halogens is 1. The van der Waals surface area contributed by atoms with Crippen molar-refractivity contribution in [3.8, 4) is 0 Å². The van der Waals surface area contributed by atoms with Gasteiger partial charge in [0.25, 0.3) is 0 Å². The number of aliphatic imine (C=N–C) groups is 1. The van der Waals surface area contributed by atoms with E-state index in [1.54, 1.807) is 0 Å². The standard InChI is InChI=1S/C20H36N4O.HI/c1-4-21-19(23-17-16-9-12-25-18(16)20(17,2)3)22-15-7-10-24(11-8-15)13-14-5-6-14;/h14-18H,4-13H2,1-3H3,(H2,21,22,23);1H. The van der Waals surface area contributed by atoms with Gasteiger partial charge in [0, 0.05) is 56.2 Å². The lowest BCUT2D eigenvalue weighted by atomic mass is 9.57. The fourth-order valence-corrected chi connectivity index (χ4v) is 5.17. The Hall–Kier alpha value is -0.0800. The average Bonchev–Trinajstić information content (AvgIpc) is 3.28. The van der Waals surface area contributed by atoms with E-state index in [1.165, 1.54) is 51.7 Å². The van der Waals surface area contributed by atoms with E-state index in [-0.39, 0.29) is 29.4 Å². The van der Waals surface area contributed by atoms with Crippen molar-refractivity contribution in [1.82, 2.24) is 15.5 Å². The second-order valence-corrected chi connectivity index (χ2v) is 9.17. The molecule has 2 aliphatic carbocycles. The van der Waals surface area contributed by atoms with Crippen LogP contribution in [0.3, 0.4) is 0 Å². The normalized spacial score (nSPS) is 34.6. The van der Waals surface area contributed by atoms with Crippen LogP contribution >= 0.6 is 24.0 Å². The van der Waals surface area contributed by atoms with Crippen molar-refractivity contribution >= 4 is 29.9 Å². The molecule has 0 aromatic rings. The summed E-state index contributed by atoms with van der Waals surface area (Å²) in [5.74, 6) is 2.68. The lowest BCUT2D eigenvalue weighted by Crippen LogP contribution is -2.68. The summed E-state index contributed by atoms with van der Waals surface area (Å²) in [6.07, 6.45) is 7.00. The van der Waals surface area contributed by atoms with E-state index in [4.69, 9.17) is 9.73 Å². The zero-order valence-corrected chi connectivity index (χ0v) is 19.0. The van der Waals surface area contributed by atoms with Crippen LogP contribution in [0.25, 0.3) is 0 Å². The van der Waals surface area contributed by atoms with E-state index in [2.05, 4.69) is 36.3 Å². The quantitative estimate of drug-likeness (QED) is 0.364. The highest BCUT2D eigenvalue weighted by Gasteiger charge is 2.59. The largest absolute Gasteiger partial charge is 0.377 e. The molecule has 6 heteroatoms. The molecule has 0 aromatic heterocycles. The average molecular weight is 476 g/mol. The van der Waals surface area contributed by atoms with Crippen LogP contribution in [0.4, 0.5) is 0 Å². The van der Waals surface area contributed by atoms with Crippen molar-refractivity contribution in [2.24, 2.45) is 22.2 Å². The third-order valence-electron chi connectivity index (χ3n) is 6.85. The Bertz CT molecular complexity index is 500. The zero-order valence-electron chi connectivity index (χ0n) is 16.7. The zero-order chi connectivity index (χ0) is 17.4. The van der Waals surface area contributed by atoms with Gasteiger partial charge in [0.1, 0.15) is 0 Å². The van der Waals surface area contributed by atoms with Gasteiger partial charge in [0.15, 0.2) is 5.96 Å². The SMILES string of the molecule is CCN=C(NC1CCN(CC2CC2)CC1)NC1C2CCOC2C1(C)C.I. The fraction of sp³-hybridized carbons (Fsp3) is 0.950. The van der Waals surface area contributed by atoms with Crippen LogP contribution in [0.2, 0.25) is 0 Å². The molecule has 2 heterocycles. The van der Waals surface area contributed by atoms with Gasteiger partial charge in [-0.3, -0.25) is 4.99 Å². The Morgan fingerprint density at radius 2 is 1.85 bits per heavy atom. The summed E-state index contributed by atoms with van der Waals surface area (Å²) >= 11 is 0. The smallest absolute Gasteiger partial charge is 0.191 e. The van der Waals surface area contributed by atoms with Gasteiger partial charge in [0.2, 0.25) is 0 Å². The topological polar surface area (TPSA) is 48.9 Å². The molecule has 2 saturated carbocycles. The molecule has 3 unspecified atom stereocenters. The number of hydrogen-bond donors (Lipinski definition) is 2. The first-order chi connectivity index (χ1) is 12.1. The molecule has 26 heavy (non-hydrogen) atoms. The molecule has 2 saturated heterocycles. The molecule has 0 amide bonds. The number of ether oxygens (including phenoxy) is 1. The number of nitrogens with zero attached hydrogens (tertiary/aromatic N) is 2. The van der Waals surface area contributed by atoms with Crippen molar-refractivity contribution in [2.75, 3.05) is 32.8 Å². The van der Waals surface area contributed by atoms with E-state index in [0.29, 0.717) is 24.1 Å². The molecular weight excluding hydrogens is 439 g/mol. The van der Waals surface area contributed by atoms with Crippen LogP contribution < -0.4 is 10.6 Å². The van der Waals surface area contributed by atoms with Crippen molar-refractivity contribution in [3.05, 3.63) is 0 Å². The number of nitrogens with one attached hydrogen (secondary N) is 2. The van der Waals surface area contributed by atoms with Gasteiger partial charge >= 0.3 is 0 Å². The van der Waals surface area contributed by atoms with Crippen molar-refractivity contribution in [2.45, 2.75) is 71.1 Å². The van der Waals surface area contributed by atoms with Crippen molar-refractivity contribution in [3.63, 3.8) is 0 Å². The van der Waals surface area contributed by atoms with Crippen LogP contribution in [-0.4, -0.2) is 61.8 Å². The summed E-state index contributed by atoms with van der Waals surface area (Å²) in [7, 11) is 0. The fourth-order valence-electron chi connectivity index (χ4n) is 5.17. The summed E-state index contributed by atoms with van der Waals surface area (Å²) in [6.45, 7) is 12.3. The number of likely N-dealkylation sites (tertiary alicyclic amines) is 1. The molecule has 2 N–H and O–H groups in total. The Morgan fingerprint density at radius 1 is 1.12 bits per heavy atom. The summed E-state index contributed by atoms with van der Waals surface area (Å²) in [5.41, 5.74) is 0.199. The minimum Gasteiger partial charge on any atom is -0.377 e. The molecule has 4 aliphatic rings. The van der Waals surface area contributed by atoms with E-state index < -0.39 is 0 Å². The van der Waals surface area contributed by atoms with Crippen molar-refractivity contribution < 1.29 is 4.74 Å². The molecule has 0 bridgehead atoms. The summed E-state index contributed by atoms with van der Waals surface area (Å²) < 4.78 is 5.93. The molecule has 0 radical (unpaired) electrons. The van der Waals surface area contributed by atoms with E-state index in [0.717, 1.165) is 25.0 Å². The van der Waals surface area contributed by atoms with Crippen LogP contribution in [0, 0.1) is 17.3 Å². The maximum Gasteiger partial charge on any atom is 0.191 e.